The van der Waals surface area contributed by atoms with E-state index < -0.39 is 5.97 Å². The van der Waals surface area contributed by atoms with Crippen molar-refractivity contribution in [2.24, 2.45) is 0 Å². The molecule has 0 atom stereocenters. The number of carbonyl (C=O) groups excluding carboxylic acids is 2. The highest BCUT2D eigenvalue weighted by molar-refractivity contribution is 5.99. The second kappa shape index (κ2) is 7.41. The van der Waals surface area contributed by atoms with E-state index in [1.807, 2.05) is 54.6 Å². The standard InChI is InChI=1S/C20H18N4O3/c25-17(24-12-6-10-14-7-4-5-11-16(14)24)13-27-20(26)19-18(21-23-22-19)15-8-2-1-3-9-15/h1-5,7-9,11H,6,10,12-13H2,(H,21,22,23). The molecule has 0 fully saturated rings. The van der Waals surface area contributed by atoms with Crippen molar-refractivity contribution in [3.63, 3.8) is 0 Å². The van der Waals surface area contributed by atoms with Gasteiger partial charge >= 0.3 is 5.97 Å². The second-order valence-corrected chi connectivity index (χ2v) is 6.24. The highest BCUT2D eigenvalue weighted by atomic mass is 16.5. The van der Waals surface area contributed by atoms with Crippen molar-refractivity contribution in [1.82, 2.24) is 15.4 Å². The predicted molar refractivity (Wildman–Crippen MR) is 99.2 cm³/mol. The molecular weight excluding hydrogens is 344 g/mol. The van der Waals surface area contributed by atoms with Crippen LogP contribution >= 0.6 is 0 Å². The number of aromatic nitrogens is 3. The molecule has 1 N–H and O–H groups in total. The number of anilines is 1. The zero-order valence-corrected chi connectivity index (χ0v) is 14.6. The van der Waals surface area contributed by atoms with Crippen LogP contribution in [0, 0.1) is 0 Å². The zero-order valence-electron chi connectivity index (χ0n) is 14.6. The zero-order chi connectivity index (χ0) is 18.6. The van der Waals surface area contributed by atoms with Gasteiger partial charge in [-0.1, -0.05) is 48.5 Å². The van der Waals surface area contributed by atoms with Crippen LogP contribution in [0.4, 0.5) is 5.69 Å². The van der Waals surface area contributed by atoms with Gasteiger partial charge in [-0.15, -0.1) is 5.10 Å². The van der Waals surface area contributed by atoms with E-state index in [9.17, 15) is 9.59 Å². The third-order valence-electron chi connectivity index (χ3n) is 4.53. The number of esters is 1. The van der Waals surface area contributed by atoms with Crippen molar-refractivity contribution in [2.45, 2.75) is 12.8 Å². The lowest BCUT2D eigenvalue weighted by Gasteiger charge is -2.29. The third-order valence-corrected chi connectivity index (χ3v) is 4.53. The Morgan fingerprint density at radius 3 is 2.67 bits per heavy atom. The number of aryl methyl sites for hydroxylation is 1. The van der Waals surface area contributed by atoms with E-state index in [2.05, 4.69) is 15.4 Å². The lowest BCUT2D eigenvalue weighted by Crippen LogP contribution is -2.38. The summed E-state index contributed by atoms with van der Waals surface area (Å²) in [6, 6.07) is 17.0. The molecule has 0 radical (unpaired) electrons. The average Bonchev–Trinajstić information content (AvgIpc) is 3.22. The van der Waals surface area contributed by atoms with Crippen molar-refractivity contribution in [2.75, 3.05) is 18.1 Å². The van der Waals surface area contributed by atoms with Crippen LogP contribution in [0.5, 0.6) is 0 Å². The Bertz CT molecular complexity index is 968. The fraction of sp³-hybridized carbons (Fsp3) is 0.200. The van der Waals surface area contributed by atoms with Gasteiger partial charge in [0, 0.05) is 17.8 Å². The fourth-order valence-corrected chi connectivity index (χ4v) is 3.24. The van der Waals surface area contributed by atoms with Crippen LogP contribution in [-0.4, -0.2) is 40.4 Å². The van der Waals surface area contributed by atoms with E-state index >= 15 is 0 Å². The summed E-state index contributed by atoms with van der Waals surface area (Å²) in [4.78, 5) is 26.7. The van der Waals surface area contributed by atoms with Crippen molar-refractivity contribution < 1.29 is 14.3 Å². The molecule has 4 rings (SSSR count). The SMILES string of the molecule is O=C(OCC(=O)N1CCCc2ccccc21)c1n[nH]nc1-c1ccccc1. The number of fused-ring (bicyclic) bond motifs is 1. The largest absolute Gasteiger partial charge is 0.451 e. The van der Waals surface area contributed by atoms with E-state index in [0.29, 0.717) is 12.2 Å². The van der Waals surface area contributed by atoms with E-state index in [4.69, 9.17) is 4.74 Å². The summed E-state index contributed by atoms with van der Waals surface area (Å²) in [5, 5.41) is 10.4. The summed E-state index contributed by atoms with van der Waals surface area (Å²) in [6.07, 6.45) is 1.83. The molecule has 0 unspecified atom stereocenters. The van der Waals surface area contributed by atoms with Crippen LogP contribution in [0.2, 0.25) is 0 Å². The number of aromatic amines is 1. The number of para-hydroxylation sites is 1. The van der Waals surface area contributed by atoms with Gasteiger partial charge in [-0.3, -0.25) is 4.79 Å². The molecule has 0 spiro atoms. The highest BCUT2D eigenvalue weighted by Gasteiger charge is 2.25. The van der Waals surface area contributed by atoms with Gasteiger partial charge in [-0.05, 0) is 24.5 Å². The summed E-state index contributed by atoms with van der Waals surface area (Å²) >= 11 is 0. The maximum Gasteiger partial charge on any atom is 0.361 e. The number of nitrogens with zero attached hydrogens (tertiary/aromatic N) is 3. The van der Waals surface area contributed by atoms with Crippen LogP contribution in [0.1, 0.15) is 22.5 Å². The van der Waals surface area contributed by atoms with Gasteiger partial charge < -0.3 is 9.64 Å². The third kappa shape index (κ3) is 3.44. The Morgan fingerprint density at radius 1 is 1.04 bits per heavy atom. The van der Waals surface area contributed by atoms with Crippen molar-refractivity contribution in [3.05, 3.63) is 65.9 Å². The van der Waals surface area contributed by atoms with Crippen molar-refractivity contribution in [3.8, 4) is 11.3 Å². The molecule has 1 aromatic heterocycles. The number of carbonyl (C=O) groups is 2. The Hall–Kier alpha value is -3.48. The Labute approximate surface area is 156 Å². The highest BCUT2D eigenvalue weighted by Crippen LogP contribution is 2.27. The van der Waals surface area contributed by atoms with Crippen LogP contribution in [0.3, 0.4) is 0 Å². The van der Waals surface area contributed by atoms with E-state index in [-0.39, 0.29) is 18.2 Å². The molecular formula is C20H18N4O3. The normalized spacial score (nSPS) is 13.1. The minimum absolute atomic E-state index is 0.0630. The smallest absolute Gasteiger partial charge is 0.361 e. The number of hydrogen-bond donors (Lipinski definition) is 1. The summed E-state index contributed by atoms with van der Waals surface area (Å²) < 4.78 is 5.23. The molecule has 1 amide bonds. The second-order valence-electron chi connectivity index (χ2n) is 6.24. The minimum Gasteiger partial charge on any atom is -0.451 e. The fourth-order valence-electron chi connectivity index (χ4n) is 3.24. The molecule has 136 valence electrons. The molecule has 3 aromatic rings. The first-order valence-electron chi connectivity index (χ1n) is 8.75. The van der Waals surface area contributed by atoms with Gasteiger partial charge in [-0.25, -0.2) is 4.79 Å². The molecule has 2 heterocycles. The molecule has 0 saturated heterocycles. The summed E-state index contributed by atoms with van der Waals surface area (Å²) in [5.74, 6) is -0.929. The van der Waals surface area contributed by atoms with Gasteiger partial charge in [0.15, 0.2) is 12.3 Å². The minimum atomic E-state index is -0.679. The van der Waals surface area contributed by atoms with E-state index in [1.54, 1.807) is 4.90 Å². The lowest BCUT2D eigenvalue weighted by atomic mass is 10.0. The molecule has 7 nitrogen and oxygen atoms in total. The number of ether oxygens (including phenoxy) is 1. The Kier molecular flexibility index (Phi) is 4.65. The van der Waals surface area contributed by atoms with Gasteiger partial charge in [0.05, 0.1) is 0 Å². The van der Waals surface area contributed by atoms with E-state index in [0.717, 1.165) is 29.7 Å². The molecule has 0 aliphatic carbocycles. The first-order valence-corrected chi connectivity index (χ1v) is 8.75. The number of benzene rings is 2. The molecule has 1 aliphatic heterocycles. The lowest BCUT2D eigenvalue weighted by molar-refractivity contribution is -0.121. The van der Waals surface area contributed by atoms with E-state index in [1.165, 1.54) is 0 Å². The van der Waals surface area contributed by atoms with Gasteiger partial charge in [0.25, 0.3) is 5.91 Å². The van der Waals surface area contributed by atoms with Crippen molar-refractivity contribution in [1.29, 1.82) is 0 Å². The summed E-state index contributed by atoms with van der Waals surface area (Å²) in [6.45, 7) is 0.279. The number of hydrogen-bond acceptors (Lipinski definition) is 5. The van der Waals surface area contributed by atoms with Crippen LogP contribution in [-0.2, 0) is 16.0 Å². The molecule has 2 aromatic carbocycles. The monoisotopic (exact) mass is 362 g/mol. The van der Waals surface area contributed by atoms with Crippen molar-refractivity contribution >= 4 is 17.6 Å². The van der Waals surface area contributed by atoms with Crippen LogP contribution in [0.15, 0.2) is 54.6 Å². The molecule has 0 bridgehead atoms. The van der Waals surface area contributed by atoms with Gasteiger partial charge in [0.2, 0.25) is 0 Å². The summed E-state index contributed by atoms with van der Waals surface area (Å²) in [7, 11) is 0. The molecule has 7 heteroatoms. The maximum atomic E-state index is 12.6. The Morgan fingerprint density at radius 2 is 1.81 bits per heavy atom. The quantitative estimate of drug-likeness (QED) is 0.721. The first kappa shape index (κ1) is 17.0. The Balaban J connectivity index is 1.45. The average molecular weight is 362 g/mol. The number of amides is 1. The number of rotatable bonds is 4. The molecule has 0 saturated carbocycles. The van der Waals surface area contributed by atoms with Gasteiger partial charge in [0.1, 0.15) is 5.69 Å². The number of H-pyrrole nitrogens is 1. The van der Waals surface area contributed by atoms with Crippen LogP contribution < -0.4 is 4.90 Å². The molecule has 1 aliphatic rings. The molecule has 27 heavy (non-hydrogen) atoms. The summed E-state index contributed by atoms with van der Waals surface area (Å²) in [5.41, 5.74) is 3.22. The maximum absolute atomic E-state index is 12.6. The number of nitrogens with one attached hydrogen (secondary N) is 1. The van der Waals surface area contributed by atoms with Crippen LogP contribution in [0.25, 0.3) is 11.3 Å². The van der Waals surface area contributed by atoms with Gasteiger partial charge in [-0.2, -0.15) is 10.3 Å². The predicted octanol–water partition coefficient (Wildman–Crippen LogP) is 2.61. The first-order chi connectivity index (χ1) is 13.2. The topological polar surface area (TPSA) is 88.2 Å².